The molecule has 2 nitrogen and oxygen atoms in total. The van der Waals surface area contributed by atoms with Crippen molar-refractivity contribution in [2.24, 2.45) is 0 Å². The Kier molecular flexibility index (Phi) is 5.03. The van der Waals surface area contributed by atoms with Crippen LogP contribution in [-0.2, 0) is 13.0 Å². The standard InChI is InChI=1S/C19H24N2/c1-3-8-17(9-4-1)14-19-15-20-12-7-13-21(19)16-18-10-5-2-6-11-18/h1-6,8-11,19-20H,7,12-16H2. The van der Waals surface area contributed by atoms with Crippen LogP contribution in [0.5, 0.6) is 0 Å². The van der Waals surface area contributed by atoms with E-state index in [9.17, 15) is 0 Å². The first-order chi connectivity index (χ1) is 10.4. The number of rotatable bonds is 4. The Morgan fingerprint density at radius 1 is 0.905 bits per heavy atom. The Bertz CT molecular complexity index is 474. The van der Waals surface area contributed by atoms with Gasteiger partial charge >= 0.3 is 0 Å². The van der Waals surface area contributed by atoms with Crippen molar-refractivity contribution in [2.45, 2.75) is 25.4 Å². The second-order valence-electron chi connectivity index (χ2n) is 5.86. The number of nitrogens with zero attached hydrogens (tertiary/aromatic N) is 1. The maximum Gasteiger partial charge on any atom is 0.0264 e. The van der Waals surface area contributed by atoms with E-state index in [0.29, 0.717) is 6.04 Å². The van der Waals surface area contributed by atoms with Crippen LogP contribution in [0.1, 0.15) is 17.5 Å². The maximum absolute atomic E-state index is 3.59. The lowest BCUT2D eigenvalue weighted by Gasteiger charge is -2.30. The molecule has 1 saturated heterocycles. The Balaban J connectivity index is 1.71. The SMILES string of the molecule is c1ccc(CC2CNCCCN2Cc2ccccc2)cc1. The van der Waals surface area contributed by atoms with Crippen LogP contribution in [0.2, 0.25) is 0 Å². The highest BCUT2D eigenvalue weighted by Gasteiger charge is 2.21. The predicted octanol–water partition coefficient (Wildman–Crippen LogP) is 3.09. The van der Waals surface area contributed by atoms with Gasteiger partial charge in [-0.25, -0.2) is 0 Å². The van der Waals surface area contributed by atoms with E-state index in [1.54, 1.807) is 0 Å². The molecule has 2 aromatic rings. The first-order valence-electron chi connectivity index (χ1n) is 7.94. The van der Waals surface area contributed by atoms with Gasteiger partial charge in [0, 0.05) is 25.7 Å². The molecule has 0 saturated carbocycles. The van der Waals surface area contributed by atoms with Gasteiger partial charge in [-0.05, 0) is 30.5 Å². The van der Waals surface area contributed by atoms with Crippen molar-refractivity contribution in [2.75, 3.05) is 19.6 Å². The fourth-order valence-corrected chi connectivity index (χ4v) is 3.10. The Labute approximate surface area is 127 Å². The first kappa shape index (κ1) is 14.3. The van der Waals surface area contributed by atoms with E-state index in [0.717, 1.165) is 26.1 Å². The van der Waals surface area contributed by atoms with Crippen molar-refractivity contribution in [3.05, 3.63) is 71.8 Å². The van der Waals surface area contributed by atoms with Crippen LogP contribution in [0.25, 0.3) is 0 Å². The third-order valence-electron chi connectivity index (χ3n) is 4.24. The molecule has 0 spiro atoms. The normalized spacial score (nSPS) is 20.1. The second-order valence-corrected chi connectivity index (χ2v) is 5.86. The van der Waals surface area contributed by atoms with Crippen molar-refractivity contribution in [1.82, 2.24) is 10.2 Å². The minimum Gasteiger partial charge on any atom is -0.315 e. The summed E-state index contributed by atoms with van der Waals surface area (Å²) in [4.78, 5) is 2.64. The molecule has 3 rings (SSSR count). The fraction of sp³-hybridized carbons (Fsp3) is 0.368. The molecule has 0 bridgehead atoms. The molecule has 1 fully saturated rings. The van der Waals surface area contributed by atoms with Crippen LogP contribution in [0.4, 0.5) is 0 Å². The Hall–Kier alpha value is -1.64. The van der Waals surface area contributed by atoms with Crippen LogP contribution in [0, 0.1) is 0 Å². The monoisotopic (exact) mass is 280 g/mol. The molecule has 1 aliphatic heterocycles. The summed E-state index contributed by atoms with van der Waals surface area (Å²) < 4.78 is 0. The third kappa shape index (κ3) is 4.16. The van der Waals surface area contributed by atoms with E-state index >= 15 is 0 Å². The van der Waals surface area contributed by atoms with E-state index in [4.69, 9.17) is 0 Å². The molecule has 0 aliphatic carbocycles. The van der Waals surface area contributed by atoms with Crippen LogP contribution in [0.15, 0.2) is 60.7 Å². The van der Waals surface area contributed by atoms with Crippen molar-refractivity contribution in [1.29, 1.82) is 0 Å². The predicted molar refractivity (Wildman–Crippen MR) is 88.3 cm³/mol. The number of benzene rings is 2. The van der Waals surface area contributed by atoms with Crippen molar-refractivity contribution < 1.29 is 0 Å². The third-order valence-corrected chi connectivity index (χ3v) is 4.24. The van der Waals surface area contributed by atoms with Gasteiger partial charge in [0.2, 0.25) is 0 Å². The summed E-state index contributed by atoms with van der Waals surface area (Å²) in [5, 5.41) is 3.59. The van der Waals surface area contributed by atoms with Gasteiger partial charge in [0.25, 0.3) is 0 Å². The minimum atomic E-state index is 0.579. The lowest BCUT2D eigenvalue weighted by Crippen LogP contribution is -2.40. The van der Waals surface area contributed by atoms with Gasteiger partial charge in [-0.2, -0.15) is 0 Å². The zero-order valence-electron chi connectivity index (χ0n) is 12.5. The summed E-state index contributed by atoms with van der Waals surface area (Å²) in [7, 11) is 0. The quantitative estimate of drug-likeness (QED) is 0.926. The molecule has 110 valence electrons. The van der Waals surface area contributed by atoms with E-state index in [1.807, 2.05) is 0 Å². The topological polar surface area (TPSA) is 15.3 Å². The van der Waals surface area contributed by atoms with Gasteiger partial charge < -0.3 is 5.32 Å². The summed E-state index contributed by atoms with van der Waals surface area (Å²) in [6, 6.07) is 22.3. The first-order valence-corrected chi connectivity index (χ1v) is 7.94. The van der Waals surface area contributed by atoms with Crippen molar-refractivity contribution in [3.8, 4) is 0 Å². The van der Waals surface area contributed by atoms with Gasteiger partial charge in [-0.3, -0.25) is 4.90 Å². The van der Waals surface area contributed by atoms with Crippen LogP contribution in [-0.4, -0.2) is 30.6 Å². The molecule has 0 amide bonds. The highest BCUT2D eigenvalue weighted by atomic mass is 15.2. The van der Waals surface area contributed by atoms with E-state index in [1.165, 1.54) is 24.1 Å². The molecule has 2 aromatic carbocycles. The summed E-state index contributed by atoms with van der Waals surface area (Å²) in [5.41, 5.74) is 2.85. The summed E-state index contributed by atoms with van der Waals surface area (Å²) in [6.45, 7) is 4.46. The van der Waals surface area contributed by atoms with E-state index < -0.39 is 0 Å². The summed E-state index contributed by atoms with van der Waals surface area (Å²) in [6.07, 6.45) is 2.36. The van der Waals surface area contributed by atoms with Crippen LogP contribution < -0.4 is 5.32 Å². The summed E-state index contributed by atoms with van der Waals surface area (Å²) in [5.74, 6) is 0. The molecular formula is C19H24N2. The smallest absolute Gasteiger partial charge is 0.0264 e. The zero-order chi connectivity index (χ0) is 14.3. The Morgan fingerprint density at radius 2 is 1.57 bits per heavy atom. The average Bonchev–Trinajstić information content (AvgIpc) is 2.75. The van der Waals surface area contributed by atoms with Crippen molar-refractivity contribution in [3.63, 3.8) is 0 Å². The molecule has 2 heteroatoms. The highest BCUT2D eigenvalue weighted by molar-refractivity contribution is 5.17. The molecule has 21 heavy (non-hydrogen) atoms. The lowest BCUT2D eigenvalue weighted by atomic mass is 10.0. The number of nitrogens with one attached hydrogen (secondary N) is 1. The van der Waals surface area contributed by atoms with Gasteiger partial charge in [0.05, 0.1) is 0 Å². The van der Waals surface area contributed by atoms with Gasteiger partial charge in [0.1, 0.15) is 0 Å². The van der Waals surface area contributed by atoms with Gasteiger partial charge in [0.15, 0.2) is 0 Å². The van der Waals surface area contributed by atoms with Gasteiger partial charge in [-0.1, -0.05) is 60.7 Å². The lowest BCUT2D eigenvalue weighted by molar-refractivity contribution is 0.199. The molecular weight excluding hydrogens is 256 g/mol. The molecule has 1 unspecified atom stereocenters. The van der Waals surface area contributed by atoms with Crippen LogP contribution >= 0.6 is 0 Å². The molecule has 1 N–H and O–H groups in total. The molecule has 1 heterocycles. The Morgan fingerprint density at radius 3 is 2.29 bits per heavy atom. The molecule has 0 radical (unpaired) electrons. The summed E-state index contributed by atoms with van der Waals surface area (Å²) >= 11 is 0. The average molecular weight is 280 g/mol. The maximum atomic E-state index is 3.59. The fourth-order valence-electron chi connectivity index (χ4n) is 3.10. The zero-order valence-corrected chi connectivity index (χ0v) is 12.5. The molecule has 1 atom stereocenters. The van der Waals surface area contributed by atoms with Gasteiger partial charge in [-0.15, -0.1) is 0 Å². The van der Waals surface area contributed by atoms with E-state index in [2.05, 4.69) is 70.9 Å². The second kappa shape index (κ2) is 7.39. The largest absolute Gasteiger partial charge is 0.315 e. The van der Waals surface area contributed by atoms with E-state index in [-0.39, 0.29) is 0 Å². The molecule has 1 aliphatic rings. The number of hydrogen-bond donors (Lipinski definition) is 1. The van der Waals surface area contributed by atoms with Crippen molar-refractivity contribution >= 4 is 0 Å². The highest BCUT2D eigenvalue weighted by Crippen LogP contribution is 2.15. The van der Waals surface area contributed by atoms with Crippen LogP contribution in [0.3, 0.4) is 0 Å². The minimum absolute atomic E-state index is 0.579. The number of hydrogen-bond acceptors (Lipinski definition) is 2. The molecule has 0 aromatic heterocycles.